The molecule has 5 atom stereocenters. The average molecular weight is 247 g/mol. The molecule has 0 aromatic carbocycles. The Morgan fingerprint density at radius 3 is 2.47 bits per heavy atom. The van der Waals surface area contributed by atoms with E-state index >= 15 is 0 Å². The van der Waals surface area contributed by atoms with E-state index in [0.717, 1.165) is 29.6 Å². The summed E-state index contributed by atoms with van der Waals surface area (Å²) in [4.78, 5) is 3.03. The van der Waals surface area contributed by atoms with Crippen LogP contribution >= 0.6 is 11.3 Å². The van der Waals surface area contributed by atoms with Crippen LogP contribution in [0.3, 0.4) is 0 Å². The molecule has 3 saturated carbocycles. The summed E-state index contributed by atoms with van der Waals surface area (Å²) in [5.41, 5.74) is 0. The smallest absolute Gasteiger partial charge is 0.0446 e. The van der Waals surface area contributed by atoms with Crippen molar-refractivity contribution in [3.63, 3.8) is 0 Å². The van der Waals surface area contributed by atoms with Crippen molar-refractivity contribution in [1.29, 1.82) is 0 Å². The van der Waals surface area contributed by atoms with Crippen LogP contribution in [-0.2, 0) is 0 Å². The lowest BCUT2D eigenvalue weighted by molar-refractivity contribution is 0.389. The van der Waals surface area contributed by atoms with E-state index < -0.39 is 0 Å². The maximum absolute atomic E-state index is 3.60. The van der Waals surface area contributed by atoms with Crippen LogP contribution in [0.1, 0.15) is 35.1 Å². The Bertz CT molecular complexity index is 422. The van der Waals surface area contributed by atoms with E-state index in [1.165, 1.54) is 17.7 Å². The van der Waals surface area contributed by atoms with E-state index in [1.54, 1.807) is 11.3 Å². The average Bonchev–Trinajstić information content (AvgIpc) is 2.73. The first-order valence-electron chi connectivity index (χ1n) is 7.03. The molecule has 0 spiro atoms. The minimum atomic E-state index is 0.645. The number of rotatable bonds is 3. The molecule has 3 fully saturated rings. The molecule has 0 radical (unpaired) electrons. The van der Waals surface area contributed by atoms with Crippen molar-refractivity contribution in [3.8, 4) is 0 Å². The fourth-order valence-corrected chi connectivity index (χ4v) is 6.03. The highest BCUT2D eigenvalue weighted by Crippen LogP contribution is 2.72. The van der Waals surface area contributed by atoms with Crippen LogP contribution in [0.25, 0.3) is 0 Å². The van der Waals surface area contributed by atoms with Crippen LogP contribution in [0.2, 0.25) is 0 Å². The minimum Gasteiger partial charge on any atom is -0.312 e. The highest BCUT2D eigenvalue weighted by molar-refractivity contribution is 7.12. The van der Waals surface area contributed by atoms with Gasteiger partial charge in [-0.05, 0) is 75.0 Å². The summed E-state index contributed by atoms with van der Waals surface area (Å²) in [6.07, 6.45) is 4.62. The highest BCUT2D eigenvalue weighted by Gasteiger charge is 2.66. The zero-order chi connectivity index (χ0) is 11.6. The molecule has 1 aromatic heterocycles. The molecule has 1 aromatic rings. The van der Waals surface area contributed by atoms with Gasteiger partial charge in [0.05, 0.1) is 0 Å². The highest BCUT2D eigenvalue weighted by atomic mass is 32.1. The van der Waals surface area contributed by atoms with Gasteiger partial charge in [-0.3, -0.25) is 0 Å². The summed E-state index contributed by atoms with van der Waals surface area (Å²) in [7, 11) is 2.15. The summed E-state index contributed by atoms with van der Waals surface area (Å²) in [6.45, 7) is 2.22. The summed E-state index contributed by atoms with van der Waals surface area (Å²) in [5.74, 6) is 5.30. The lowest BCUT2D eigenvalue weighted by Crippen LogP contribution is -2.20. The number of thiophene rings is 1. The van der Waals surface area contributed by atoms with E-state index in [0.29, 0.717) is 6.04 Å². The standard InChI is InChI=1S/C15H21NS/c1-8-3-6-11(17-8)15(16-2)14-12-9-4-5-10(7-9)13(12)14/h3,6,9-10,12-16H,4-5,7H2,1-2H3. The molecule has 0 amide bonds. The van der Waals surface area contributed by atoms with Gasteiger partial charge in [0.25, 0.3) is 0 Å². The number of aryl methyl sites for hydroxylation is 1. The molecule has 3 aliphatic rings. The largest absolute Gasteiger partial charge is 0.312 e. The van der Waals surface area contributed by atoms with Crippen molar-refractivity contribution < 1.29 is 0 Å². The molecule has 0 saturated heterocycles. The third-order valence-electron chi connectivity index (χ3n) is 5.56. The third kappa shape index (κ3) is 1.40. The van der Waals surface area contributed by atoms with Gasteiger partial charge in [-0.25, -0.2) is 0 Å². The molecule has 1 N–H and O–H groups in total. The van der Waals surface area contributed by atoms with Crippen LogP contribution < -0.4 is 5.32 Å². The van der Waals surface area contributed by atoms with Crippen LogP contribution in [0.15, 0.2) is 12.1 Å². The first-order chi connectivity index (χ1) is 8.29. The summed E-state index contributed by atoms with van der Waals surface area (Å²) >= 11 is 1.99. The normalized spacial score (nSPS) is 43.8. The Labute approximate surface area is 108 Å². The minimum absolute atomic E-state index is 0.645. The van der Waals surface area contributed by atoms with Crippen molar-refractivity contribution in [3.05, 3.63) is 21.9 Å². The molecule has 5 unspecified atom stereocenters. The second-order valence-electron chi connectivity index (χ2n) is 6.28. The van der Waals surface area contributed by atoms with Gasteiger partial charge in [-0.1, -0.05) is 0 Å². The van der Waals surface area contributed by atoms with Gasteiger partial charge in [0.15, 0.2) is 0 Å². The van der Waals surface area contributed by atoms with Gasteiger partial charge in [-0.2, -0.15) is 0 Å². The van der Waals surface area contributed by atoms with Crippen LogP contribution in [-0.4, -0.2) is 7.05 Å². The third-order valence-corrected chi connectivity index (χ3v) is 6.64. The first-order valence-corrected chi connectivity index (χ1v) is 7.85. The van der Waals surface area contributed by atoms with Gasteiger partial charge < -0.3 is 5.32 Å². The quantitative estimate of drug-likeness (QED) is 0.860. The second kappa shape index (κ2) is 3.58. The Morgan fingerprint density at radius 2 is 1.94 bits per heavy atom. The topological polar surface area (TPSA) is 12.0 Å². The van der Waals surface area contributed by atoms with Gasteiger partial charge in [-0.15, -0.1) is 11.3 Å². The summed E-state index contributed by atoms with van der Waals surface area (Å²) < 4.78 is 0. The van der Waals surface area contributed by atoms with Crippen molar-refractivity contribution in [2.45, 2.75) is 32.2 Å². The molecule has 3 aliphatic carbocycles. The molecule has 2 heteroatoms. The maximum atomic E-state index is 3.60. The molecule has 17 heavy (non-hydrogen) atoms. The van der Waals surface area contributed by atoms with Gasteiger partial charge >= 0.3 is 0 Å². The number of fused-ring (bicyclic) bond motifs is 5. The Balaban J connectivity index is 1.59. The van der Waals surface area contributed by atoms with Crippen molar-refractivity contribution >= 4 is 11.3 Å². The second-order valence-corrected chi connectivity index (χ2v) is 7.60. The fraction of sp³-hybridized carbons (Fsp3) is 0.733. The summed E-state index contributed by atoms with van der Waals surface area (Å²) in [6, 6.07) is 5.26. The number of nitrogens with one attached hydrogen (secondary N) is 1. The Hall–Kier alpha value is -0.340. The summed E-state index contributed by atoms with van der Waals surface area (Å²) in [5, 5.41) is 3.60. The zero-order valence-electron chi connectivity index (χ0n) is 10.6. The SMILES string of the molecule is CNC(c1ccc(C)s1)C1C2C3CCC(C3)C21. The van der Waals surface area contributed by atoms with Crippen molar-refractivity contribution in [2.24, 2.45) is 29.6 Å². The van der Waals surface area contributed by atoms with Crippen LogP contribution in [0.5, 0.6) is 0 Å². The van der Waals surface area contributed by atoms with E-state index in [1.807, 2.05) is 11.3 Å². The number of hydrogen-bond donors (Lipinski definition) is 1. The number of hydrogen-bond acceptors (Lipinski definition) is 2. The molecule has 1 nitrogen and oxygen atoms in total. The van der Waals surface area contributed by atoms with Crippen LogP contribution in [0.4, 0.5) is 0 Å². The van der Waals surface area contributed by atoms with Crippen molar-refractivity contribution in [2.75, 3.05) is 7.05 Å². The predicted octanol–water partition coefficient (Wildman–Crippen LogP) is 3.61. The molecule has 4 rings (SSSR count). The van der Waals surface area contributed by atoms with Crippen molar-refractivity contribution in [1.82, 2.24) is 5.32 Å². The van der Waals surface area contributed by atoms with Gasteiger partial charge in [0, 0.05) is 15.8 Å². The molecular weight excluding hydrogens is 226 g/mol. The Kier molecular flexibility index (Phi) is 2.23. The molecule has 0 aliphatic heterocycles. The molecular formula is C15H21NS. The van der Waals surface area contributed by atoms with Gasteiger partial charge in [0.2, 0.25) is 0 Å². The molecule has 2 bridgehead atoms. The zero-order valence-corrected chi connectivity index (χ0v) is 11.5. The van der Waals surface area contributed by atoms with E-state index in [9.17, 15) is 0 Å². The molecule has 1 heterocycles. The first kappa shape index (κ1) is 10.6. The predicted molar refractivity (Wildman–Crippen MR) is 72.2 cm³/mol. The van der Waals surface area contributed by atoms with Crippen LogP contribution in [0, 0.1) is 36.5 Å². The maximum Gasteiger partial charge on any atom is 0.0446 e. The lowest BCUT2D eigenvalue weighted by Gasteiger charge is -2.18. The fourth-order valence-electron chi connectivity index (χ4n) is 4.98. The van der Waals surface area contributed by atoms with E-state index in [2.05, 4.69) is 31.4 Å². The monoisotopic (exact) mass is 247 g/mol. The molecule has 92 valence electrons. The van der Waals surface area contributed by atoms with Gasteiger partial charge in [0.1, 0.15) is 0 Å². The van der Waals surface area contributed by atoms with E-state index in [4.69, 9.17) is 0 Å². The van der Waals surface area contributed by atoms with E-state index in [-0.39, 0.29) is 0 Å². The lowest BCUT2D eigenvalue weighted by atomic mass is 9.96. The Morgan fingerprint density at radius 1 is 1.24 bits per heavy atom.